The van der Waals surface area contributed by atoms with Gasteiger partial charge in [0.25, 0.3) is 5.91 Å². The van der Waals surface area contributed by atoms with Crippen molar-refractivity contribution in [2.45, 2.75) is 25.7 Å². The van der Waals surface area contributed by atoms with E-state index in [2.05, 4.69) is 0 Å². The van der Waals surface area contributed by atoms with Gasteiger partial charge in [0.15, 0.2) is 0 Å². The summed E-state index contributed by atoms with van der Waals surface area (Å²) in [6.07, 6.45) is 3.38. The van der Waals surface area contributed by atoms with E-state index >= 15 is 0 Å². The molecule has 7 heteroatoms. The summed E-state index contributed by atoms with van der Waals surface area (Å²) in [4.78, 5) is 24.5. The maximum Gasteiger partial charge on any atom is 0.266 e. The van der Waals surface area contributed by atoms with Crippen molar-refractivity contribution in [2.24, 2.45) is 0 Å². The fourth-order valence-corrected chi connectivity index (χ4v) is 3.44. The van der Waals surface area contributed by atoms with Crippen LogP contribution in [0.3, 0.4) is 0 Å². The van der Waals surface area contributed by atoms with Crippen molar-refractivity contribution in [3.05, 3.63) is 40.6 Å². The molecule has 1 aromatic rings. The number of halogens is 1. The molecule has 0 bridgehead atoms. The molecular formula is C16H15FNO3S2-. The predicted octanol–water partition coefficient (Wildman–Crippen LogP) is 2.34. The van der Waals surface area contributed by atoms with E-state index in [4.69, 9.17) is 12.2 Å². The molecule has 0 N–H and O–H groups in total. The first kappa shape index (κ1) is 17.6. The van der Waals surface area contributed by atoms with Crippen molar-refractivity contribution in [1.29, 1.82) is 0 Å². The molecular weight excluding hydrogens is 337 g/mol. The Kier molecular flexibility index (Phi) is 6.29. The predicted molar refractivity (Wildman–Crippen MR) is 89.8 cm³/mol. The highest BCUT2D eigenvalue weighted by Gasteiger charge is 2.31. The summed E-state index contributed by atoms with van der Waals surface area (Å²) in [5, 5.41) is 10.3. The second kappa shape index (κ2) is 8.21. The molecule has 1 fully saturated rings. The Morgan fingerprint density at radius 1 is 1.30 bits per heavy atom. The number of unbranched alkanes of at least 4 members (excludes halogenated alkanes) is 2. The second-order valence-electron chi connectivity index (χ2n) is 5.04. The molecule has 0 atom stereocenters. The Hall–Kier alpha value is -1.73. The Bertz CT molecular complexity index is 660. The van der Waals surface area contributed by atoms with E-state index in [1.807, 2.05) is 0 Å². The largest absolute Gasteiger partial charge is 0.550 e. The number of rotatable bonds is 7. The minimum atomic E-state index is -1.07. The SMILES string of the molecule is O=C([O-])CCCCCN1C(=O)C(=Cc2ccccc2F)SC1=S. The number of aliphatic carboxylic acids is 1. The number of benzene rings is 1. The van der Waals surface area contributed by atoms with Crippen LogP contribution in [0, 0.1) is 5.82 Å². The third-order valence-electron chi connectivity index (χ3n) is 3.33. The summed E-state index contributed by atoms with van der Waals surface area (Å²) in [7, 11) is 0. The first-order valence-electron chi connectivity index (χ1n) is 7.19. The molecule has 0 radical (unpaired) electrons. The second-order valence-corrected chi connectivity index (χ2v) is 6.71. The zero-order valence-electron chi connectivity index (χ0n) is 12.3. The summed E-state index contributed by atoms with van der Waals surface area (Å²) in [6.45, 7) is 0.437. The first-order chi connectivity index (χ1) is 11.0. The maximum atomic E-state index is 13.7. The van der Waals surface area contributed by atoms with Crippen LogP contribution >= 0.6 is 24.0 Å². The first-order valence-corrected chi connectivity index (χ1v) is 8.41. The van der Waals surface area contributed by atoms with Crippen LogP contribution in [-0.2, 0) is 9.59 Å². The van der Waals surface area contributed by atoms with Gasteiger partial charge >= 0.3 is 0 Å². The normalized spacial score (nSPS) is 16.4. The minimum absolute atomic E-state index is 0.0194. The van der Waals surface area contributed by atoms with Crippen molar-refractivity contribution in [1.82, 2.24) is 4.90 Å². The molecule has 0 aliphatic carbocycles. The quantitative estimate of drug-likeness (QED) is 0.428. The van der Waals surface area contributed by atoms with E-state index in [0.717, 1.165) is 11.8 Å². The van der Waals surface area contributed by atoms with E-state index in [1.54, 1.807) is 18.2 Å². The third-order valence-corrected chi connectivity index (χ3v) is 4.71. The van der Waals surface area contributed by atoms with Crippen molar-refractivity contribution < 1.29 is 19.1 Å². The van der Waals surface area contributed by atoms with Crippen LogP contribution in [-0.4, -0.2) is 27.6 Å². The summed E-state index contributed by atoms with van der Waals surface area (Å²) in [5.74, 6) is -1.69. The number of carboxylic acid groups (broad SMARTS) is 1. The maximum absolute atomic E-state index is 13.7. The average Bonchev–Trinajstić information content (AvgIpc) is 2.76. The number of hydrogen-bond acceptors (Lipinski definition) is 5. The Labute approximate surface area is 143 Å². The van der Waals surface area contributed by atoms with E-state index < -0.39 is 5.97 Å². The lowest BCUT2D eigenvalue weighted by atomic mass is 10.2. The highest BCUT2D eigenvalue weighted by atomic mass is 32.2. The van der Waals surface area contributed by atoms with Crippen LogP contribution < -0.4 is 5.11 Å². The molecule has 0 spiro atoms. The lowest BCUT2D eigenvalue weighted by Gasteiger charge is -2.14. The molecule has 0 unspecified atom stereocenters. The summed E-state index contributed by atoms with van der Waals surface area (Å²) in [6, 6.07) is 6.23. The van der Waals surface area contributed by atoms with E-state index in [1.165, 1.54) is 17.0 Å². The number of carbonyl (C=O) groups is 2. The van der Waals surface area contributed by atoms with Crippen LogP contribution in [0.5, 0.6) is 0 Å². The van der Waals surface area contributed by atoms with Crippen LogP contribution in [0.1, 0.15) is 31.2 Å². The van der Waals surface area contributed by atoms with Gasteiger partial charge in [-0.15, -0.1) is 0 Å². The summed E-state index contributed by atoms with van der Waals surface area (Å²) < 4.78 is 14.1. The Morgan fingerprint density at radius 2 is 2.04 bits per heavy atom. The number of nitrogens with zero attached hydrogens (tertiary/aromatic N) is 1. The summed E-state index contributed by atoms with van der Waals surface area (Å²) in [5.41, 5.74) is 0.349. The van der Waals surface area contributed by atoms with Crippen molar-refractivity contribution in [2.75, 3.05) is 6.54 Å². The zero-order chi connectivity index (χ0) is 16.8. The van der Waals surface area contributed by atoms with Gasteiger partial charge in [0, 0.05) is 18.1 Å². The lowest BCUT2D eigenvalue weighted by molar-refractivity contribution is -0.305. The molecule has 1 heterocycles. The molecule has 0 aromatic heterocycles. The average molecular weight is 352 g/mol. The van der Waals surface area contributed by atoms with E-state index in [9.17, 15) is 19.1 Å². The molecule has 1 aliphatic rings. The van der Waals surface area contributed by atoms with Gasteiger partial charge < -0.3 is 9.90 Å². The van der Waals surface area contributed by atoms with Gasteiger partial charge in [-0.25, -0.2) is 4.39 Å². The molecule has 0 saturated carbocycles. The Balaban J connectivity index is 1.95. The molecule has 1 amide bonds. The lowest BCUT2D eigenvalue weighted by Crippen LogP contribution is -2.29. The minimum Gasteiger partial charge on any atom is -0.550 e. The van der Waals surface area contributed by atoms with Gasteiger partial charge in [0.05, 0.1) is 4.91 Å². The van der Waals surface area contributed by atoms with Crippen molar-refractivity contribution in [3.63, 3.8) is 0 Å². The number of thiocarbonyl (C=S) groups is 1. The number of hydrogen-bond donors (Lipinski definition) is 0. The molecule has 23 heavy (non-hydrogen) atoms. The van der Waals surface area contributed by atoms with Gasteiger partial charge in [-0.05, 0) is 31.4 Å². The molecule has 2 rings (SSSR count). The van der Waals surface area contributed by atoms with Crippen molar-refractivity contribution in [3.8, 4) is 0 Å². The Morgan fingerprint density at radius 3 is 2.74 bits per heavy atom. The summed E-state index contributed by atoms with van der Waals surface area (Å²) >= 11 is 6.34. The van der Waals surface area contributed by atoms with Gasteiger partial charge in [-0.2, -0.15) is 0 Å². The van der Waals surface area contributed by atoms with Gasteiger partial charge in [-0.3, -0.25) is 9.69 Å². The topological polar surface area (TPSA) is 60.4 Å². The van der Waals surface area contributed by atoms with Crippen LogP contribution in [0.25, 0.3) is 6.08 Å². The van der Waals surface area contributed by atoms with E-state index in [-0.39, 0.29) is 18.1 Å². The van der Waals surface area contributed by atoms with Crippen LogP contribution in [0.2, 0.25) is 0 Å². The fraction of sp³-hybridized carbons (Fsp3) is 0.312. The number of thioether (sulfide) groups is 1. The van der Waals surface area contributed by atoms with Gasteiger partial charge in [0.2, 0.25) is 0 Å². The number of amides is 1. The van der Waals surface area contributed by atoms with Crippen molar-refractivity contribution >= 4 is 46.3 Å². The number of carboxylic acids is 1. The van der Waals surface area contributed by atoms with Crippen LogP contribution in [0.4, 0.5) is 4.39 Å². The molecule has 4 nitrogen and oxygen atoms in total. The molecule has 122 valence electrons. The molecule has 1 aromatic carbocycles. The monoisotopic (exact) mass is 352 g/mol. The zero-order valence-corrected chi connectivity index (χ0v) is 13.9. The smallest absolute Gasteiger partial charge is 0.266 e. The fourth-order valence-electron chi connectivity index (χ4n) is 2.14. The molecule has 1 saturated heterocycles. The highest BCUT2D eigenvalue weighted by Crippen LogP contribution is 2.33. The van der Waals surface area contributed by atoms with Gasteiger partial charge in [0.1, 0.15) is 10.1 Å². The van der Waals surface area contributed by atoms with Crippen LogP contribution in [0.15, 0.2) is 29.2 Å². The van der Waals surface area contributed by atoms with Gasteiger partial charge in [-0.1, -0.05) is 48.6 Å². The third kappa shape index (κ3) is 4.87. The molecule has 1 aliphatic heterocycles. The highest BCUT2D eigenvalue weighted by molar-refractivity contribution is 8.26. The number of carbonyl (C=O) groups excluding carboxylic acids is 2. The van der Waals surface area contributed by atoms with E-state index in [0.29, 0.717) is 40.6 Å². The standard InChI is InChI=1S/C16H16FNO3S2/c17-12-7-4-3-6-11(12)10-13-15(21)18(16(22)23-13)9-5-1-2-8-14(19)20/h3-4,6-7,10H,1-2,5,8-9H2,(H,19,20)/p-1.